The number of amides is 1. The van der Waals surface area contributed by atoms with Gasteiger partial charge in [-0.2, -0.15) is 0 Å². The molecule has 0 saturated carbocycles. The first kappa shape index (κ1) is 14.8. The summed E-state index contributed by atoms with van der Waals surface area (Å²) in [6, 6.07) is 0. The number of aromatic nitrogens is 2. The predicted octanol–water partition coefficient (Wildman–Crippen LogP) is 0.880. The van der Waals surface area contributed by atoms with Gasteiger partial charge in [-0.25, -0.2) is 0 Å². The van der Waals surface area contributed by atoms with Crippen LogP contribution in [0.3, 0.4) is 0 Å². The highest BCUT2D eigenvalue weighted by Crippen LogP contribution is 2.18. The molecule has 0 saturated heterocycles. The highest BCUT2D eigenvalue weighted by molar-refractivity contribution is 7.10. The van der Waals surface area contributed by atoms with Gasteiger partial charge in [-0.1, -0.05) is 11.4 Å². The third kappa shape index (κ3) is 4.58. The minimum absolute atomic E-state index is 0.0868. The second-order valence-corrected chi connectivity index (χ2v) is 5.19. The summed E-state index contributed by atoms with van der Waals surface area (Å²) < 4.78 is 3.95. The van der Waals surface area contributed by atoms with E-state index in [0.29, 0.717) is 13.1 Å². The maximum absolute atomic E-state index is 11.6. The predicted molar refractivity (Wildman–Crippen MR) is 73.7 cm³/mol. The third-order valence-corrected chi connectivity index (χ3v) is 3.14. The number of likely N-dealkylation sites (N-methyl/N-ethyl adjacent to an activating group) is 2. The molecule has 0 atom stereocenters. The normalized spacial score (nSPS) is 10.7. The summed E-state index contributed by atoms with van der Waals surface area (Å²) in [4.78, 5) is 15.1. The maximum Gasteiger partial charge on any atom is 0.236 e. The van der Waals surface area contributed by atoms with Crippen molar-refractivity contribution in [3.05, 3.63) is 5.69 Å². The van der Waals surface area contributed by atoms with Crippen LogP contribution in [0.25, 0.3) is 0 Å². The molecule has 0 bridgehead atoms. The van der Waals surface area contributed by atoms with Gasteiger partial charge in [0.2, 0.25) is 5.91 Å². The molecule has 1 aromatic rings. The van der Waals surface area contributed by atoms with Gasteiger partial charge in [0.1, 0.15) is 10.7 Å². The van der Waals surface area contributed by atoms with E-state index in [1.54, 1.807) is 19.0 Å². The topological polar surface area (TPSA) is 61.4 Å². The van der Waals surface area contributed by atoms with Crippen molar-refractivity contribution in [2.24, 2.45) is 0 Å². The largest absolute Gasteiger partial charge is 0.374 e. The van der Waals surface area contributed by atoms with Crippen molar-refractivity contribution in [2.45, 2.75) is 19.9 Å². The molecule has 18 heavy (non-hydrogen) atoms. The monoisotopic (exact) mass is 271 g/mol. The van der Waals surface area contributed by atoms with Crippen LogP contribution in [0.5, 0.6) is 0 Å². The first-order valence-electron chi connectivity index (χ1n) is 5.98. The second-order valence-electron chi connectivity index (χ2n) is 4.44. The molecule has 0 aliphatic carbocycles. The van der Waals surface area contributed by atoms with E-state index in [-0.39, 0.29) is 5.91 Å². The van der Waals surface area contributed by atoms with Gasteiger partial charge in [-0.05, 0) is 13.5 Å². The Kier molecular flexibility index (Phi) is 6.00. The van der Waals surface area contributed by atoms with E-state index in [9.17, 15) is 4.79 Å². The Balaban J connectivity index is 2.51. The molecule has 102 valence electrons. The summed E-state index contributed by atoms with van der Waals surface area (Å²) in [6.45, 7) is 4.04. The highest BCUT2D eigenvalue weighted by Gasteiger charge is 2.13. The maximum atomic E-state index is 11.6. The summed E-state index contributed by atoms with van der Waals surface area (Å²) in [6.07, 6.45) is 1.06. The molecule has 0 radical (unpaired) electrons. The van der Waals surface area contributed by atoms with Crippen molar-refractivity contribution in [3.8, 4) is 0 Å². The molecule has 1 aromatic heterocycles. The number of nitrogens with zero attached hydrogens (tertiary/aromatic N) is 4. The molecule has 0 fully saturated rings. The Bertz CT molecular complexity index is 379. The van der Waals surface area contributed by atoms with E-state index >= 15 is 0 Å². The number of rotatable bonds is 7. The molecule has 0 spiro atoms. The molecular formula is C11H21N5OS. The third-order valence-electron chi connectivity index (χ3n) is 2.41. The Morgan fingerprint density at radius 3 is 2.72 bits per heavy atom. The van der Waals surface area contributed by atoms with Gasteiger partial charge in [-0.3, -0.25) is 9.69 Å². The minimum Gasteiger partial charge on any atom is -0.374 e. The molecular weight excluding hydrogens is 250 g/mol. The Morgan fingerprint density at radius 2 is 2.11 bits per heavy atom. The van der Waals surface area contributed by atoms with E-state index in [0.717, 1.165) is 23.7 Å². The SMILES string of the molecule is CCCNc1snnc1CN(C)CC(=O)N(C)C. The molecule has 6 nitrogen and oxygen atoms in total. The number of carbonyl (C=O) groups excluding carboxylic acids is 1. The van der Waals surface area contributed by atoms with Gasteiger partial charge in [0.15, 0.2) is 0 Å². The molecule has 1 rings (SSSR count). The van der Waals surface area contributed by atoms with Gasteiger partial charge < -0.3 is 10.2 Å². The summed E-state index contributed by atoms with van der Waals surface area (Å²) in [5.41, 5.74) is 0.905. The van der Waals surface area contributed by atoms with Crippen LogP contribution < -0.4 is 5.32 Å². The van der Waals surface area contributed by atoms with E-state index in [1.807, 2.05) is 11.9 Å². The van der Waals surface area contributed by atoms with Crippen LogP contribution in [0.15, 0.2) is 0 Å². The van der Waals surface area contributed by atoms with Gasteiger partial charge in [0.05, 0.1) is 6.54 Å². The molecule has 1 amide bonds. The standard InChI is InChI=1S/C11H21N5OS/c1-5-6-12-11-9(13-14-18-11)7-16(4)8-10(17)15(2)3/h12H,5-8H2,1-4H3. The summed E-state index contributed by atoms with van der Waals surface area (Å²) in [5.74, 6) is 0.0868. The van der Waals surface area contributed by atoms with Crippen LogP contribution >= 0.6 is 11.5 Å². The van der Waals surface area contributed by atoms with Crippen LogP contribution in [0.2, 0.25) is 0 Å². The quantitative estimate of drug-likeness (QED) is 0.797. The van der Waals surface area contributed by atoms with Crippen LogP contribution in [0, 0.1) is 0 Å². The van der Waals surface area contributed by atoms with Crippen LogP contribution in [0.1, 0.15) is 19.0 Å². The molecule has 7 heteroatoms. The molecule has 1 N–H and O–H groups in total. The lowest BCUT2D eigenvalue weighted by Crippen LogP contribution is -2.34. The molecule has 0 aliphatic rings. The summed E-state index contributed by atoms with van der Waals surface area (Å²) in [5, 5.41) is 8.40. The molecule has 0 aliphatic heterocycles. The van der Waals surface area contributed by atoms with Gasteiger partial charge in [0, 0.05) is 38.7 Å². The number of anilines is 1. The number of nitrogens with one attached hydrogen (secondary N) is 1. The Hall–Kier alpha value is -1.21. The zero-order valence-electron chi connectivity index (χ0n) is 11.4. The van der Waals surface area contributed by atoms with Crippen molar-refractivity contribution in [2.75, 3.05) is 39.5 Å². The molecule has 0 unspecified atom stereocenters. The van der Waals surface area contributed by atoms with Gasteiger partial charge in [0.25, 0.3) is 0 Å². The number of carbonyl (C=O) groups is 1. The van der Waals surface area contributed by atoms with E-state index in [2.05, 4.69) is 21.8 Å². The smallest absolute Gasteiger partial charge is 0.236 e. The van der Waals surface area contributed by atoms with Gasteiger partial charge in [-0.15, -0.1) is 5.10 Å². The van der Waals surface area contributed by atoms with Crippen molar-refractivity contribution >= 4 is 22.4 Å². The zero-order chi connectivity index (χ0) is 13.5. The fourth-order valence-corrected chi connectivity index (χ4v) is 1.97. The second kappa shape index (κ2) is 7.27. The fraction of sp³-hybridized carbons (Fsp3) is 0.727. The Labute approximate surface area is 112 Å². The van der Waals surface area contributed by atoms with E-state index < -0.39 is 0 Å². The van der Waals surface area contributed by atoms with Crippen molar-refractivity contribution in [3.63, 3.8) is 0 Å². The van der Waals surface area contributed by atoms with Crippen LogP contribution in [-0.2, 0) is 11.3 Å². The lowest BCUT2D eigenvalue weighted by molar-refractivity contribution is -0.129. The van der Waals surface area contributed by atoms with Crippen molar-refractivity contribution in [1.29, 1.82) is 0 Å². The number of hydrogen-bond acceptors (Lipinski definition) is 6. The lowest BCUT2D eigenvalue weighted by Gasteiger charge is -2.18. The Morgan fingerprint density at radius 1 is 1.39 bits per heavy atom. The summed E-state index contributed by atoms with van der Waals surface area (Å²) >= 11 is 1.36. The average Bonchev–Trinajstić information content (AvgIpc) is 2.73. The lowest BCUT2D eigenvalue weighted by atomic mass is 10.4. The highest BCUT2D eigenvalue weighted by atomic mass is 32.1. The first-order chi connectivity index (χ1) is 8.54. The van der Waals surface area contributed by atoms with Crippen molar-refractivity contribution < 1.29 is 4.79 Å². The van der Waals surface area contributed by atoms with Crippen LogP contribution in [0.4, 0.5) is 5.00 Å². The van der Waals surface area contributed by atoms with E-state index in [1.165, 1.54) is 11.5 Å². The van der Waals surface area contributed by atoms with Crippen LogP contribution in [-0.4, -0.2) is 59.5 Å². The minimum atomic E-state index is 0.0868. The zero-order valence-corrected chi connectivity index (χ0v) is 12.3. The summed E-state index contributed by atoms with van der Waals surface area (Å²) in [7, 11) is 5.42. The van der Waals surface area contributed by atoms with E-state index in [4.69, 9.17) is 0 Å². The average molecular weight is 271 g/mol. The molecule has 0 aromatic carbocycles. The fourth-order valence-electron chi connectivity index (χ4n) is 1.37. The molecule has 1 heterocycles. The first-order valence-corrected chi connectivity index (χ1v) is 6.75. The number of hydrogen-bond donors (Lipinski definition) is 1. The van der Waals surface area contributed by atoms with Gasteiger partial charge >= 0.3 is 0 Å². The van der Waals surface area contributed by atoms with Crippen molar-refractivity contribution in [1.82, 2.24) is 19.4 Å².